The number of carbonyl (C=O) groups is 4. The lowest BCUT2D eigenvalue weighted by molar-refractivity contribution is -0.122. The molecule has 1 aliphatic carbocycles. The second kappa shape index (κ2) is 11.0. The summed E-state index contributed by atoms with van der Waals surface area (Å²) in [5.41, 5.74) is 1.91. The maximum atomic E-state index is 13.4. The number of fused-ring (bicyclic) bond motifs is 1. The minimum Gasteiger partial charge on any atom is -0.452 e. The van der Waals surface area contributed by atoms with Crippen molar-refractivity contribution in [3.63, 3.8) is 0 Å². The van der Waals surface area contributed by atoms with E-state index in [9.17, 15) is 19.2 Å². The largest absolute Gasteiger partial charge is 0.452 e. The molecule has 9 heteroatoms. The first-order chi connectivity index (χ1) is 18.3. The quantitative estimate of drug-likeness (QED) is 0.306. The van der Waals surface area contributed by atoms with Crippen LogP contribution in [0.2, 0.25) is 10.0 Å². The van der Waals surface area contributed by atoms with Crippen LogP contribution in [0.15, 0.2) is 72.8 Å². The zero-order valence-corrected chi connectivity index (χ0v) is 21.7. The molecule has 0 bridgehead atoms. The smallest absolute Gasteiger partial charge is 0.338 e. The van der Waals surface area contributed by atoms with Crippen molar-refractivity contribution in [3.05, 3.63) is 94.0 Å². The molecule has 0 radical (unpaired) electrons. The van der Waals surface area contributed by atoms with Crippen molar-refractivity contribution in [1.29, 1.82) is 0 Å². The molecule has 3 aromatic carbocycles. The fourth-order valence-corrected chi connectivity index (χ4v) is 5.56. The lowest BCUT2D eigenvalue weighted by Crippen LogP contribution is -2.31. The van der Waals surface area contributed by atoms with E-state index in [-0.39, 0.29) is 40.2 Å². The summed E-state index contributed by atoms with van der Waals surface area (Å²) < 4.78 is 5.15. The summed E-state index contributed by atoms with van der Waals surface area (Å²) in [7, 11) is 0. The van der Waals surface area contributed by atoms with Crippen LogP contribution < -0.4 is 10.2 Å². The van der Waals surface area contributed by atoms with Gasteiger partial charge in [0.1, 0.15) is 0 Å². The minimum atomic E-state index is -0.764. The number of esters is 1. The molecule has 1 saturated carbocycles. The van der Waals surface area contributed by atoms with Crippen LogP contribution in [0.3, 0.4) is 0 Å². The highest BCUT2D eigenvalue weighted by Gasteiger charge is 2.50. The van der Waals surface area contributed by atoms with E-state index in [2.05, 4.69) is 17.4 Å². The van der Waals surface area contributed by atoms with Gasteiger partial charge >= 0.3 is 5.97 Å². The van der Waals surface area contributed by atoms with Crippen LogP contribution in [0.5, 0.6) is 0 Å². The number of hydrogen-bond acceptors (Lipinski definition) is 5. The number of halogens is 2. The van der Waals surface area contributed by atoms with Crippen LogP contribution in [0, 0.1) is 11.8 Å². The molecule has 0 unspecified atom stereocenters. The molecule has 3 amide bonds. The summed E-state index contributed by atoms with van der Waals surface area (Å²) in [6.07, 6.45) is 2.09. The molecule has 5 rings (SSSR count). The van der Waals surface area contributed by atoms with Gasteiger partial charge in [-0.05, 0) is 67.1 Å². The third-order valence-electron chi connectivity index (χ3n) is 7.07. The summed E-state index contributed by atoms with van der Waals surface area (Å²) >= 11 is 12.0. The molecule has 1 heterocycles. The third kappa shape index (κ3) is 5.30. The Labute approximate surface area is 229 Å². The molecule has 194 valence electrons. The predicted molar refractivity (Wildman–Crippen MR) is 144 cm³/mol. The maximum absolute atomic E-state index is 13.4. The van der Waals surface area contributed by atoms with Crippen LogP contribution >= 0.6 is 23.2 Å². The van der Waals surface area contributed by atoms with E-state index in [1.807, 2.05) is 18.2 Å². The summed E-state index contributed by atoms with van der Waals surface area (Å²) in [6.45, 7) is -0.557. The highest BCUT2D eigenvalue weighted by Crippen LogP contribution is 2.45. The number of ether oxygens (including phenoxy) is 1. The molecule has 3 aromatic rings. The van der Waals surface area contributed by atoms with Gasteiger partial charge in [-0.15, -0.1) is 0 Å². The topological polar surface area (TPSA) is 92.8 Å². The van der Waals surface area contributed by atoms with Crippen LogP contribution in [-0.2, 0) is 19.1 Å². The van der Waals surface area contributed by atoms with E-state index in [4.69, 9.17) is 27.9 Å². The predicted octanol–water partition coefficient (Wildman–Crippen LogP) is 5.86. The standard InChI is InChI=1S/C29H24Cl2N2O5/c30-20-10-12-24(31)25(15-20)32-26(34)16-38-29(37)19-7-4-8-21(13-19)33-27(35)22-11-9-18(14-23(22)28(33)36)17-5-2-1-3-6-17/h1-8,10,12-13,15,18,22-23H,9,11,14,16H2,(H,32,34)/t18-,22+,23-/m0/s1. The summed E-state index contributed by atoms with van der Waals surface area (Å²) in [4.78, 5) is 52.7. The minimum absolute atomic E-state index is 0.119. The van der Waals surface area contributed by atoms with Crippen LogP contribution in [0.1, 0.15) is 41.1 Å². The first-order valence-electron chi connectivity index (χ1n) is 12.3. The average Bonchev–Trinajstić information content (AvgIpc) is 3.18. The molecule has 0 spiro atoms. The number of benzene rings is 3. The first kappa shape index (κ1) is 25.9. The Kier molecular flexibility index (Phi) is 7.49. The molecule has 7 nitrogen and oxygen atoms in total. The van der Waals surface area contributed by atoms with Crippen LogP contribution in [0.4, 0.5) is 11.4 Å². The number of nitrogens with one attached hydrogen (secondary N) is 1. The van der Waals surface area contributed by atoms with Crippen molar-refractivity contribution >= 4 is 58.3 Å². The summed E-state index contributed by atoms with van der Waals surface area (Å²) in [5.74, 6) is -2.37. The van der Waals surface area contributed by atoms with Gasteiger partial charge in [0.05, 0.1) is 33.8 Å². The second-order valence-electron chi connectivity index (χ2n) is 9.44. The highest BCUT2D eigenvalue weighted by atomic mass is 35.5. The van der Waals surface area contributed by atoms with Gasteiger partial charge in [0.2, 0.25) is 11.8 Å². The normalized spacial score (nSPS) is 20.7. The number of amides is 3. The number of rotatable bonds is 6. The van der Waals surface area contributed by atoms with Crippen molar-refractivity contribution < 1.29 is 23.9 Å². The zero-order chi connectivity index (χ0) is 26.8. The molecule has 1 saturated heterocycles. The number of hydrogen-bond donors (Lipinski definition) is 1. The van der Waals surface area contributed by atoms with Crippen molar-refractivity contribution in [1.82, 2.24) is 0 Å². The van der Waals surface area contributed by atoms with E-state index >= 15 is 0 Å². The molecular formula is C29H24Cl2N2O5. The Balaban J connectivity index is 1.25. The van der Waals surface area contributed by atoms with Gasteiger partial charge in [-0.1, -0.05) is 59.6 Å². The van der Waals surface area contributed by atoms with Crippen molar-refractivity contribution in [3.8, 4) is 0 Å². The van der Waals surface area contributed by atoms with Crippen LogP contribution in [-0.4, -0.2) is 30.3 Å². The van der Waals surface area contributed by atoms with Gasteiger partial charge < -0.3 is 10.1 Å². The van der Waals surface area contributed by atoms with E-state index in [1.165, 1.54) is 34.7 Å². The zero-order valence-electron chi connectivity index (χ0n) is 20.2. The van der Waals surface area contributed by atoms with Gasteiger partial charge in [0.15, 0.2) is 6.61 Å². The van der Waals surface area contributed by atoms with Gasteiger partial charge in [-0.3, -0.25) is 19.3 Å². The number of carbonyl (C=O) groups excluding carboxylic acids is 4. The molecule has 2 aliphatic rings. The Morgan fingerprint density at radius 3 is 2.45 bits per heavy atom. The Morgan fingerprint density at radius 2 is 1.66 bits per heavy atom. The molecule has 1 aliphatic heterocycles. The fraction of sp³-hybridized carbons (Fsp3) is 0.241. The van der Waals surface area contributed by atoms with E-state index in [1.54, 1.807) is 18.2 Å². The van der Waals surface area contributed by atoms with E-state index in [0.717, 1.165) is 6.42 Å². The third-order valence-corrected chi connectivity index (χ3v) is 7.64. The second-order valence-corrected chi connectivity index (χ2v) is 10.3. The Morgan fingerprint density at radius 1 is 0.895 bits per heavy atom. The molecule has 2 fully saturated rings. The first-order valence-corrected chi connectivity index (χ1v) is 13.0. The van der Waals surface area contributed by atoms with E-state index in [0.29, 0.717) is 29.2 Å². The molecule has 3 atom stereocenters. The SMILES string of the molecule is O=C(COC(=O)c1cccc(N2C(=O)[C@H]3C[C@@H](c4ccccc4)CC[C@H]3C2=O)c1)Nc1cc(Cl)ccc1Cl. The number of imide groups is 1. The van der Waals surface area contributed by atoms with Gasteiger partial charge in [0.25, 0.3) is 5.91 Å². The van der Waals surface area contributed by atoms with Gasteiger partial charge in [0, 0.05) is 5.02 Å². The lowest BCUT2D eigenvalue weighted by Gasteiger charge is -2.28. The van der Waals surface area contributed by atoms with Crippen molar-refractivity contribution in [2.45, 2.75) is 25.2 Å². The summed E-state index contributed by atoms with van der Waals surface area (Å²) in [6, 6.07) is 20.8. The maximum Gasteiger partial charge on any atom is 0.338 e. The van der Waals surface area contributed by atoms with Crippen LogP contribution in [0.25, 0.3) is 0 Å². The fourth-order valence-electron chi connectivity index (χ4n) is 5.23. The lowest BCUT2D eigenvalue weighted by atomic mass is 9.73. The van der Waals surface area contributed by atoms with Crippen molar-refractivity contribution in [2.24, 2.45) is 11.8 Å². The van der Waals surface area contributed by atoms with Gasteiger partial charge in [-0.2, -0.15) is 0 Å². The molecular weight excluding hydrogens is 527 g/mol. The molecule has 1 N–H and O–H groups in total. The van der Waals surface area contributed by atoms with Crippen molar-refractivity contribution in [2.75, 3.05) is 16.8 Å². The molecule has 0 aromatic heterocycles. The number of nitrogens with zero attached hydrogens (tertiary/aromatic N) is 1. The van der Waals surface area contributed by atoms with Gasteiger partial charge in [-0.25, -0.2) is 4.79 Å². The average molecular weight is 551 g/mol. The summed E-state index contributed by atoms with van der Waals surface area (Å²) in [5, 5.41) is 3.22. The highest BCUT2D eigenvalue weighted by molar-refractivity contribution is 6.35. The Hall–Kier alpha value is -3.68. The van der Waals surface area contributed by atoms with E-state index < -0.39 is 18.5 Å². The molecule has 38 heavy (non-hydrogen) atoms. The monoisotopic (exact) mass is 550 g/mol. The Bertz CT molecular complexity index is 1410. The number of anilines is 2.